The maximum atomic E-state index is 5.80. The highest BCUT2D eigenvalue weighted by molar-refractivity contribution is 9.10. The summed E-state index contributed by atoms with van der Waals surface area (Å²) in [7, 11) is 0. The summed E-state index contributed by atoms with van der Waals surface area (Å²) in [6.07, 6.45) is 7.17. The zero-order valence-corrected chi connectivity index (χ0v) is 11.9. The first-order valence-corrected chi connectivity index (χ1v) is 7.06. The van der Waals surface area contributed by atoms with Gasteiger partial charge in [0.2, 0.25) is 0 Å². The van der Waals surface area contributed by atoms with Crippen molar-refractivity contribution in [2.45, 2.75) is 18.9 Å². The molecule has 2 aromatic rings. The zero-order valence-electron chi connectivity index (χ0n) is 10.3. The third-order valence-corrected chi connectivity index (χ3v) is 3.64. The lowest BCUT2D eigenvalue weighted by atomic mass is 10.0. The highest BCUT2D eigenvalue weighted by Crippen LogP contribution is 2.35. The molecule has 0 amide bonds. The number of anilines is 1. The van der Waals surface area contributed by atoms with Crippen LogP contribution in [0.3, 0.4) is 0 Å². The Bertz CT molecular complexity index is 562. The van der Waals surface area contributed by atoms with Crippen molar-refractivity contribution in [3.05, 3.63) is 47.0 Å². The smallest absolute Gasteiger partial charge is 0.125 e. The third-order valence-electron chi connectivity index (χ3n) is 3.15. The van der Waals surface area contributed by atoms with Gasteiger partial charge in [0.1, 0.15) is 12.1 Å². The Kier molecular flexibility index (Phi) is 3.64. The molecule has 1 aliphatic rings. The van der Waals surface area contributed by atoms with Crippen LogP contribution in [0.2, 0.25) is 0 Å². The molecule has 1 aromatic heterocycles. The first-order valence-electron chi connectivity index (χ1n) is 6.27. The van der Waals surface area contributed by atoms with E-state index in [-0.39, 0.29) is 6.04 Å². The van der Waals surface area contributed by atoms with Crippen molar-refractivity contribution in [3.8, 4) is 5.75 Å². The summed E-state index contributed by atoms with van der Waals surface area (Å²) in [6, 6.07) is 6.41. The zero-order chi connectivity index (χ0) is 13.1. The van der Waals surface area contributed by atoms with Crippen molar-refractivity contribution in [1.82, 2.24) is 9.97 Å². The summed E-state index contributed by atoms with van der Waals surface area (Å²) < 4.78 is 6.83. The number of rotatable bonds is 2. The topological polar surface area (TPSA) is 47.0 Å². The number of benzene rings is 1. The Morgan fingerprint density at radius 3 is 2.95 bits per heavy atom. The van der Waals surface area contributed by atoms with Crippen LogP contribution in [0.5, 0.6) is 5.75 Å². The summed E-state index contributed by atoms with van der Waals surface area (Å²) in [5.41, 5.74) is 2.12. The molecule has 1 aliphatic heterocycles. The average Bonchev–Trinajstić information content (AvgIpc) is 2.62. The fourth-order valence-electron chi connectivity index (χ4n) is 2.27. The van der Waals surface area contributed by atoms with Gasteiger partial charge in [0.15, 0.2) is 0 Å². The van der Waals surface area contributed by atoms with Gasteiger partial charge in [-0.3, -0.25) is 0 Å². The summed E-state index contributed by atoms with van der Waals surface area (Å²) in [5, 5.41) is 3.48. The van der Waals surface area contributed by atoms with Gasteiger partial charge in [-0.1, -0.05) is 22.0 Å². The van der Waals surface area contributed by atoms with Crippen molar-refractivity contribution in [2.24, 2.45) is 0 Å². The molecule has 0 bridgehead atoms. The molecule has 0 saturated carbocycles. The number of hydrogen-bond acceptors (Lipinski definition) is 4. The number of halogens is 1. The average molecular weight is 320 g/mol. The predicted octanol–water partition coefficient (Wildman–Crippen LogP) is 3.56. The van der Waals surface area contributed by atoms with Crippen LogP contribution in [0.4, 0.5) is 5.69 Å². The fourth-order valence-corrected chi connectivity index (χ4v) is 2.61. The minimum atomic E-state index is 0.233. The Labute approximate surface area is 120 Å². The second-order valence-electron chi connectivity index (χ2n) is 4.50. The van der Waals surface area contributed by atoms with Crippen molar-refractivity contribution < 1.29 is 4.74 Å². The second-order valence-corrected chi connectivity index (χ2v) is 5.41. The van der Waals surface area contributed by atoms with Gasteiger partial charge in [0, 0.05) is 10.0 Å². The minimum Gasteiger partial charge on any atom is -0.493 e. The Morgan fingerprint density at radius 2 is 2.11 bits per heavy atom. The number of nitrogens with one attached hydrogen (secondary N) is 1. The van der Waals surface area contributed by atoms with E-state index in [1.807, 2.05) is 12.1 Å². The van der Waals surface area contributed by atoms with Crippen LogP contribution >= 0.6 is 15.9 Å². The molecule has 0 aliphatic carbocycles. The van der Waals surface area contributed by atoms with Crippen LogP contribution in [0.15, 0.2) is 41.4 Å². The van der Waals surface area contributed by atoms with Gasteiger partial charge in [-0.15, -0.1) is 0 Å². The molecule has 2 heterocycles. The molecule has 5 heteroatoms. The molecular formula is C14H14BrN3O. The molecule has 1 atom stereocenters. The molecule has 0 radical (unpaired) electrons. The number of nitrogens with zero attached hydrogens (tertiary/aromatic N) is 2. The number of aromatic nitrogens is 2. The number of fused-ring (bicyclic) bond motifs is 1. The van der Waals surface area contributed by atoms with Gasteiger partial charge in [-0.25, -0.2) is 9.97 Å². The summed E-state index contributed by atoms with van der Waals surface area (Å²) in [6.45, 7) is 0.757. The van der Waals surface area contributed by atoms with Crippen molar-refractivity contribution in [3.63, 3.8) is 0 Å². The van der Waals surface area contributed by atoms with Crippen LogP contribution in [0, 0.1) is 0 Å². The quantitative estimate of drug-likeness (QED) is 0.919. The Balaban J connectivity index is 1.90. The van der Waals surface area contributed by atoms with Gasteiger partial charge in [0.05, 0.1) is 30.7 Å². The van der Waals surface area contributed by atoms with E-state index in [1.54, 1.807) is 12.4 Å². The molecule has 4 nitrogen and oxygen atoms in total. The lowest BCUT2D eigenvalue weighted by Crippen LogP contribution is -2.10. The Morgan fingerprint density at radius 1 is 1.26 bits per heavy atom. The molecule has 3 rings (SSSR count). The van der Waals surface area contributed by atoms with Crippen LogP contribution in [0.1, 0.15) is 24.4 Å². The van der Waals surface area contributed by atoms with Gasteiger partial charge in [-0.05, 0) is 25.0 Å². The van der Waals surface area contributed by atoms with E-state index in [0.717, 1.165) is 35.4 Å². The fraction of sp³-hybridized carbons (Fsp3) is 0.286. The van der Waals surface area contributed by atoms with E-state index < -0.39 is 0 Å². The van der Waals surface area contributed by atoms with E-state index in [9.17, 15) is 0 Å². The molecule has 0 fully saturated rings. The molecule has 1 aromatic carbocycles. The van der Waals surface area contributed by atoms with E-state index in [0.29, 0.717) is 0 Å². The SMILES string of the molecule is Brc1ccc2c(c1)OCCCC2Nc1cncnc1. The minimum absolute atomic E-state index is 0.233. The lowest BCUT2D eigenvalue weighted by Gasteiger charge is -2.19. The second kappa shape index (κ2) is 5.57. The molecular weight excluding hydrogens is 306 g/mol. The van der Waals surface area contributed by atoms with Gasteiger partial charge >= 0.3 is 0 Å². The van der Waals surface area contributed by atoms with Crippen LogP contribution in [0.25, 0.3) is 0 Å². The largest absolute Gasteiger partial charge is 0.493 e. The molecule has 0 saturated heterocycles. The summed E-state index contributed by atoms with van der Waals surface area (Å²) >= 11 is 3.48. The molecule has 0 spiro atoms. The van der Waals surface area contributed by atoms with E-state index in [2.05, 4.69) is 37.3 Å². The van der Waals surface area contributed by atoms with E-state index in [4.69, 9.17) is 4.74 Å². The van der Waals surface area contributed by atoms with Crippen molar-refractivity contribution >= 4 is 21.6 Å². The molecule has 98 valence electrons. The molecule has 1 unspecified atom stereocenters. The maximum Gasteiger partial charge on any atom is 0.125 e. The molecule has 19 heavy (non-hydrogen) atoms. The lowest BCUT2D eigenvalue weighted by molar-refractivity contribution is 0.316. The van der Waals surface area contributed by atoms with Gasteiger partial charge in [-0.2, -0.15) is 0 Å². The van der Waals surface area contributed by atoms with Crippen LogP contribution < -0.4 is 10.1 Å². The monoisotopic (exact) mass is 319 g/mol. The number of hydrogen-bond donors (Lipinski definition) is 1. The van der Waals surface area contributed by atoms with Crippen LogP contribution in [-0.2, 0) is 0 Å². The summed E-state index contributed by atoms with van der Waals surface area (Å²) in [5.74, 6) is 0.946. The van der Waals surface area contributed by atoms with Crippen molar-refractivity contribution in [1.29, 1.82) is 0 Å². The van der Waals surface area contributed by atoms with Gasteiger partial charge < -0.3 is 10.1 Å². The maximum absolute atomic E-state index is 5.80. The summed E-state index contributed by atoms with van der Waals surface area (Å²) in [4.78, 5) is 8.06. The van der Waals surface area contributed by atoms with E-state index >= 15 is 0 Å². The highest BCUT2D eigenvalue weighted by atomic mass is 79.9. The highest BCUT2D eigenvalue weighted by Gasteiger charge is 2.19. The Hall–Kier alpha value is -1.62. The van der Waals surface area contributed by atoms with E-state index in [1.165, 1.54) is 11.9 Å². The predicted molar refractivity (Wildman–Crippen MR) is 77.3 cm³/mol. The molecule has 1 N–H and O–H groups in total. The number of ether oxygens (including phenoxy) is 1. The first-order chi connectivity index (χ1) is 9.33. The normalized spacial score (nSPS) is 18.1. The van der Waals surface area contributed by atoms with Crippen LogP contribution in [-0.4, -0.2) is 16.6 Å². The standard InChI is InChI=1S/C14H14BrN3O/c15-10-3-4-12-13(2-1-5-19-14(12)6-10)18-11-7-16-9-17-8-11/h3-4,6-9,13,18H,1-2,5H2. The van der Waals surface area contributed by atoms with Gasteiger partial charge in [0.25, 0.3) is 0 Å². The first kappa shape index (κ1) is 12.4. The van der Waals surface area contributed by atoms with Crippen molar-refractivity contribution in [2.75, 3.05) is 11.9 Å². The third kappa shape index (κ3) is 2.87.